The first-order valence-electron chi connectivity index (χ1n) is 16.2. The van der Waals surface area contributed by atoms with Gasteiger partial charge in [-0.25, -0.2) is 14.0 Å². The molecule has 8 nitrogen and oxygen atoms in total. The third kappa shape index (κ3) is 9.22. The lowest BCUT2D eigenvalue weighted by atomic mass is 9.86. The zero-order valence-corrected chi connectivity index (χ0v) is 29.4. The van der Waals surface area contributed by atoms with Gasteiger partial charge < -0.3 is 18.9 Å². The first kappa shape index (κ1) is 36.4. The molecular formula is C38H41Cl2FN2O6. The monoisotopic (exact) mass is 710 g/mol. The van der Waals surface area contributed by atoms with Crippen LogP contribution in [-0.2, 0) is 20.8 Å². The van der Waals surface area contributed by atoms with Crippen molar-refractivity contribution in [2.45, 2.75) is 51.0 Å². The summed E-state index contributed by atoms with van der Waals surface area (Å²) in [6, 6.07) is 17.1. The average Bonchev–Trinajstić information content (AvgIpc) is 3.10. The molecule has 0 saturated carbocycles. The molecule has 2 bridgehead atoms. The second kappa shape index (κ2) is 16.7. The lowest BCUT2D eigenvalue weighted by Crippen LogP contribution is -2.52. The molecule has 0 aromatic heterocycles. The van der Waals surface area contributed by atoms with Gasteiger partial charge in [-0.05, 0) is 97.4 Å². The Kier molecular flexibility index (Phi) is 12.4. The molecule has 260 valence electrons. The molecule has 3 heterocycles. The quantitative estimate of drug-likeness (QED) is 0.134. The molecule has 49 heavy (non-hydrogen) atoms. The van der Waals surface area contributed by atoms with Crippen LogP contribution in [0.3, 0.4) is 0 Å². The zero-order chi connectivity index (χ0) is 35.1. The topological polar surface area (TPSA) is 86.3 Å². The number of nitrogens with zero attached hydrogens (tertiary/aromatic N) is 1. The van der Waals surface area contributed by atoms with Crippen molar-refractivity contribution in [1.82, 2.24) is 10.2 Å². The van der Waals surface area contributed by atoms with Gasteiger partial charge in [-0.1, -0.05) is 60.1 Å². The van der Waals surface area contributed by atoms with E-state index in [9.17, 15) is 14.0 Å². The summed E-state index contributed by atoms with van der Waals surface area (Å²) in [6.07, 6.45) is 1.16. The van der Waals surface area contributed by atoms with Crippen LogP contribution in [0, 0.1) is 11.7 Å². The van der Waals surface area contributed by atoms with Gasteiger partial charge in [0.25, 0.3) is 0 Å². The largest absolute Gasteiger partial charge is 0.493 e. The maximum atomic E-state index is 14.3. The van der Waals surface area contributed by atoms with Crippen molar-refractivity contribution in [3.8, 4) is 11.5 Å². The molecule has 6 rings (SSSR count). The summed E-state index contributed by atoms with van der Waals surface area (Å²) in [4.78, 5) is 29.5. The fraction of sp³-hybridized carbons (Fsp3) is 0.368. The Balaban J connectivity index is 1.34. The van der Waals surface area contributed by atoms with E-state index in [4.69, 9.17) is 42.1 Å². The number of ether oxygens (including phenoxy) is 4. The molecule has 0 radical (unpaired) electrons. The first-order valence-corrected chi connectivity index (χ1v) is 17.0. The van der Waals surface area contributed by atoms with Crippen molar-refractivity contribution in [3.63, 3.8) is 0 Å². The summed E-state index contributed by atoms with van der Waals surface area (Å²) in [5.74, 6) is -0.184. The summed E-state index contributed by atoms with van der Waals surface area (Å²) in [7, 11) is 3.06. The Bertz CT molecular complexity index is 1700. The molecule has 3 aromatic rings. The molecule has 1 N–H and O–H groups in total. The van der Waals surface area contributed by atoms with Crippen molar-refractivity contribution in [2.75, 3.05) is 33.9 Å². The van der Waals surface area contributed by atoms with Gasteiger partial charge in [0.1, 0.15) is 24.1 Å². The lowest BCUT2D eigenvalue weighted by molar-refractivity contribution is -0.161. The van der Waals surface area contributed by atoms with Crippen LogP contribution < -0.4 is 14.8 Å². The first-order chi connectivity index (χ1) is 23.6. The van der Waals surface area contributed by atoms with Crippen molar-refractivity contribution < 1.29 is 32.9 Å². The fourth-order valence-electron chi connectivity index (χ4n) is 6.41. The smallest absolute Gasteiger partial charge is 0.338 e. The number of rotatable bonds is 14. The van der Waals surface area contributed by atoms with Gasteiger partial charge >= 0.3 is 11.9 Å². The SMILES string of the molecule is C=C(Cl)/C(CC(OC(=O)c1cccc(CNC(C(=O)O[C@H]2CN3CCC2CC3)c2cccc(F)c2)c1)c1ccc(OC)c(OC)c1)=C(\C)Cl. The Hall–Kier alpha value is -3.89. The van der Waals surface area contributed by atoms with E-state index in [0.29, 0.717) is 56.8 Å². The minimum atomic E-state index is -0.913. The number of halogens is 3. The van der Waals surface area contributed by atoms with Crippen LogP contribution >= 0.6 is 23.2 Å². The number of methoxy groups -OCH3 is 2. The summed E-state index contributed by atoms with van der Waals surface area (Å²) in [6.45, 7) is 8.46. The van der Waals surface area contributed by atoms with Crippen LogP contribution in [-0.4, -0.2) is 56.8 Å². The Morgan fingerprint density at radius 2 is 1.71 bits per heavy atom. The average molecular weight is 712 g/mol. The Labute approximate surface area is 296 Å². The minimum absolute atomic E-state index is 0.164. The third-order valence-corrected chi connectivity index (χ3v) is 9.57. The van der Waals surface area contributed by atoms with Gasteiger partial charge in [-0.2, -0.15) is 0 Å². The van der Waals surface area contributed by atoms with Crippen LogP contribution in [0.4, 0.5) is 4.39 Å². The standard InChI is InChI=1S/C38H41Cl2FN2O6/c1-23(39)31(24(2)40)20-33(27-11-12-32(46-3)34(19-27)47-4)48-37(44)29-9-5-7-25(17-29)21-42-36(28-8-6-10-30(41)18-28)38(45)49-35-22-43-15-13-26(35)14-16-43/h5-12,17-19,26,33,35-36,42H,1,13-16,20-22H2,2-4H3/b31-24+/t33?,35-,36?/m0/s1. The second-order valence-electron chi connectivity index (χ2n) is 12.3. The van der Waals surface area contributed by atoms with Gasteiger partial charge in [-0.15, -0.1) is 0 Å². The van der Waals surface area contributed by atoms with Gasteiger partial charge in [0, 0.05) is 29.6 Å². The number of piperidine rings is 3. The van der Waals surface area contributed by atoms with Gasteiger partial charge in [0.2, 0.25) is 0 Å². The minimum Gasteiger partial charge on any atom is -0.493 e. The van der Waals surface area contributed by atoms with Crippen LogP contribution in [0.25, 0.3) is 0 Å². The van der Waals surface area contributed by atoms with E-state index >= 15 is 0 Å². The maximum absolute atomic E-state index is 14.3. The normalized spacial score (nSPS) is 20.1. The van der Waals surface area contributed by atoms with E-state index < -0.39 is 29.9 Å². The molecule has 3 aliphatic heterocycles. The van der Waals surface area contributed by atoms with E-state index in [-0.39, 0.29) is 24.1 Å². The second-order valence-corrected chi connectivity index (χ2v) is 13.3. The van der Waals surface area contributed by atoms with Gasteiger partial charge in [-0.3, -0.25) is 10.2 Å². The molecular weight excluding hydrogens is 670 g/mol. The summed E-state index contributed by atoms with van der Waals surface area (Å²) in [5.41, 5.74) is 2.64. The Morgan fingerprint density at radius 1 is 0.980 bits per heavy atom. The van der Waals surface area contributed by atoms with E-state index in [1.54, 1.807) is 55.5 Å². The molecule has 2 unspecified atom stereocenters. The number of hydrogen-bond donors (Lipinski definition) is 1. The lowest BCUT2D eigenvalue weighted by Gasteiger charge is -2.44. The highest BCUT2D eigenvalue weighted by Gasteiger charge is 2.38. The molecule has 3 atom stereocenters. The number of carbonyl (C=O) groups excluding carboxylic acids is 2. The van der Waals surface area contributed by atoms with Gasteiger partial charge in [0.15, 0.2) is 11.5 Å². The molecule has 0 spiro atoms. The van der Waals surface area contributed by atoms with E-state index in [1.165, 1.54) is 26.4 Å². The summed E-state index contributed by atoms with van der Waals surface area (Å²) in [5, 5.41) is 3.91. The number of carbonyl (C=O) groups is 2. The summed E-state index contributed by atoms with van der Waals surface area (Å²) >= 11 is 12.6. The van der Waals surface area contributed by atoms with E-state index in [0.717, 1.165) is 25.9 Å². The number of allylic oxidation sites excluding steroid dienone is 2. The number of esters is 2. The van der Waals surface area contributed by atoms with Crippen molar-refractivity contribution in [1.29, 1.82) is 0 Å². The van der Waals surface area contributed by atoms with Crippen LogP contribution in [0.5, 0.6) is 11.5 Å². The van der Waals surface area contributed by atoms with Crippen LogP contribution in [0.15, 0.2) is 88.9 Å². The highest BCUT2D eigenvalue weighted by Crippen LogP contribution is 2.37. The molecule has 3 aliphatic rings. The van der Waals surface area contributed by atoms with Crippen molar-refractivity contribution in [3.05, 3.63) is 117 Å². The fourth-order valence-corrected chi connectivity index (χ4v) is 6.87. The third-order valence-electron chi connectivity index (χ3n) is 9.12. The number of nitrogens with one attached hydrogen (secondary N) is 1. The molecule has 3 saturated heterocycles. The zero-order valence-electron chi connectivity index (χ0n) is 27.8. The highest BCUT2D eigenvalue weighted by molar-refractivity contribution is 6.35. The number of hydrogen-bond acceptors (Lipinski definition) is 8. The maximum Gasteiger partial charge on any atom is 0.338 e. The molecule has 0 aliphatic carbocycles. The number of benzene rings is 3. The van der Waals surface area contributed by atoms with Crippen LogP contribution in [0.2, 0.25) is 0 Å². The predicted octanol–water partition coefficient (Wildman–Crippen LogP) is 7.86. The molecule has 11 heteroatoms. The van der Waals surface area contributed by atoms with E-state index in [1.807, 2.05) is 6.07 Å². The molecule has 3 aromatic carbocycles. The van der Waals surface area contributed by atoms with Crippen LogP contribution in [0.1, 0.15) is 65.4 Å². The van der Waals surface area contributed by atoms with Crippen molar-refractivity contribution >= 4 is 35.1 Å². The van der Waals surface area contributed by atoms with Gasteiger partial charge in [0.05, 0.1) is 19.8 Å². The molecule has 0 amide bonds. The van der Waals surface area contributed by atoms with E-state index in [2.05, 4.69) is 16.8 Å². The van der Waals surface area contributed by atoms with Crippen molar-refractivity contribution in [2.24, 2.45) is 5.92 Å². The summed E-state index contributed by atoms with van der Waals surface area (Å²) < 4.78 is 37.2. The molecule has 3 fully saturated rings. The highest BCUT2D eigenvalue weighted by atomic mass is 35.5. The predicted molar refractivity (Wildman–Crippen MR) is 187 cm³/mol. The Morgan fingerprint density at radius 3 is 2.35 bits per heavy atom. The number of fused-ring (bicyclic) bond motifs is 3.